The Morgan fingerprint density at radius 2 is 2.11 bits per heavy atom. The molecule has 0 aliphatic rings. The molecule has 0 aromatic carbocycles. The van der Waals surface area contributed by atoms with E-state index in [9.17, 15) is 4.79 Å². The van der Waals surface area contributed by atoms with Crippen LogP contribution in [0.25, 0.3) is 0 Å². The molecule has 19 heavy (non-hydrogen) atoms. The summed E-state index contributed by atoms with van der Waals surface area (Å²) < 4.78 is 0. The van der Waals surface area contributed by atoms with Gasteiger partial charge in [-0.15, -0.1) is 0 Å². The third kappa shape index (κ3) is 4.08. The predicted molar refractivity (Wildman–Crippen MR) is 77.5 cm³/mol. The molecule has 1 heterocycles. The van der Waals surface area contributed by atoms with Crippen LogP contribution in [-0.2, 0) is 11.2 Å². The summed E-state index contributed by atoms with van der Waals surface area (Å²) in [7, 11) is 3.71. The lowest BCUT2D eigenvalue weighted by atomic mass is 10.1. The second-order valence-electron chi connectivity index (χ2n) is 4.33. The van der Waals surface area contributed by atoms with Crippen molar-refractivity contribution in [2.24, 2.45) is 0 Å². The lowest BCUT2D eigenvalue weighted by Gasteiger charge is -2.21. The van der Waals surface area contributed by atoms with E-state index in [-0.39, 0.29) is 5.91 Å². The van der Waals surface area contributed by atoms with Gasteiger partial charge in [0.1, 0.15) is 18.0 Å². The highest BCUT2D eigenvalue weighted by Crippen LogP contribution is 2.23. The Hall–Kier alpha value is -1.85. The molecule has 0 saturated carbocycles. The molecule has 6 nitrogen and oxygen atoms in total. The number of carbonyl (C=O) groups excluding carboxylic acids is 1. The summed E-state index contributed by atoms with van der Waals surface area (Å²) >= 11 is 0. The van der Waals surface area contributed by atoms with Gasteiger partial charge in [-0.2, -0.15) is 0 Å². The maximum atomic E-state index is 11.6. The van der Waals surface area contributed by atoms with Gasteiger partial charge in [-0.3, -0.25) is 4.79 Å². The molecule has 0 aliphatic heterocycles. The fraction of sp³-hybridized carbons (Fsp3) is 0.615. The molecular weight excluding hydrogens is 242 g/mol. The van der Waals surface area contributed by atoms with Crippen LogP contribution in [-0.4, -0.2) is 43.1 Å². The topological polar surface area (TPSA) is 70.2 Å². The Morgan fingerprint density at radius 3 is 2.68 bits per heavy atom. The lowest BCUT2D eigenvalue weighted by molar-refractivity contribution is -0.119. The number of hydrogen-bond donors (Lipinski definition) is 2. The van der Waals surface area contributed by atoms with E-state index in [1.165, 1.54) is 6.33 Å². The van der Waals surface area contributed by atoms with Crippen molar-refractivity contribution in [1.29, 1.82) is 0 Å². The molecule has 1 rings (SSSR count). The zero-order valence-corrected chi connectivity index (χ0v) is 12.2. The van der Waals surface area contributed by atoms with Gasteiger partial charge in [0.2, 0.25) is 5.91 Å². The van der Waals surface area contributed by atoms with Crippen LogP contribution in [0.2, 0.25) is 0 Å². The summed E-state index contributed by atoms with van der Waals surface area (Å²) in [4.78, 5) is 22.0. The molecule has 2 N–H and O–H groups in total. The van der Waals surface area contributed by atoms with Crippen molar-refractivity contribution in [3.05, 3.63) is 11.9 Å². The van der Waals surface area contributed by atoms with E-state index in [1.54, 1.807) is 0 Å². The van der Waals surface area contributed by atoms with Crippen LogP contribution in [0.5, 0.6) is 0 Å². The highest BCUT2D eigenvalue weighted by molar-refractivity contribution is 5.81. The van der Waals surface area contributed by atoms with Crippen molar-refractivity contribution >= 4 is 17.5 Å². The van der Waals surface area contributed by atoms with Gasteiger partial charge < -0.3 is 15.5 Å². The number of anilines is 2. The normalized spacial score (nSPS) is 10.1. The maximum Gasteiger partial charge on any atom is 0.239 e. The quantitative estimate of drug-likeness (QED) is 0.771. The average molecular weight is 265 g/mol. The number of nitrogens with one attached hydrogen (secondary N) is 2. The molecular formula is C13H23N5O. The standard InChI is InChI=1S/C13H23N5O/c1-5-7-10-12(14-3)16-9-17-13(10)18(4)8-11(19)15-6-2/h9H,5-8H2,1-4H3,(H,15,19)(H,14,16,17). The SMILES string of the molecule is CCCc1c(NC)ncnc1N(C)CC(=O)NCC. The van der Waals surface area contributed by atoms with E-state index in [2.05, 4.69) is 27.5 Å². The molecule has 0 bridgehead atoms. The molecule has 1 aromatic rings. The fourth-order valence-corrected chi connectivity index (χ4v) is 1.97. The summed E-state index contributed by atoms with van der Waals surface area (Å²) in [6.45, 7) is 4.95. The van der Waals surface area contributed by atoms with Gasteiger partial charge in [0.25, 0.3) is 0 Å². The van der Waals surface area contributed by atoms with E-state index in [0.717, 1.165) is 30.0 Å². The van der Waals surface area contributed by atoms with E-state index >= 15 is 0 Å². The van der Waals surface area contributed by atoms with Gasteiger partial charge in [-0.05, 0) is 13.3 Å². The Kier molecular flexibility index (Phi) is 6.05. The molecule has 0 saturated heterocycles. The predicted octanol–water partition coefficient (Wildman–Crippen LogP) is 1.04. The van der Waals surface area contributed by atoms with Gasteiger partial charge in [0, 0.05) is 26.2 Å². The molecule has 0 spiro atoms. The zero-order valence-electron chi connectivity index (χ0n) is 12.2. The smallest absolute Gasteiger partial charge is 0.239 e. The molecule has 6 heteroatoms. The van der Waals surface area contributed by atoms with Crippen molar-refractivity contribution < 1.29 is 4.79 Å². The van der Waals surface area contributed by atoms with Crippen molar-refractivity contribution in [3.8, 4) is 0 Å². The fourth-order valence-electron chi connectivity index (χ4n) is 1.97. The first-order chi connectivity index (χ1) is 9.13. The van der Waals surface area contributed by atoms with Crippen LogP contribution < -0.4 is 15.5 Å². The number of carbonyl (C=O) groups is 1. The lowest BCUT2D eigenvalue weighted by Crippen LogP contribution is -2.35. The minimum Gasteiger partial charge on any atom is -0.373 e. The number of aromatic nitrogens is 2. The highest BCUT2D eigenvalue weighted by Gasteiger charge is 2.15. The molecule has 0 atom stereocenters. The van der Waals surface area contributed by atoms with Crippen molar-refractivity contribution in [2.75, 3.05) is 37.4 Å². The number of rotatable bonds is 7. The minimum absolute atomic E-state index is 0.00271. The number of likely N-dealkylation sites (N-methyl/N-ethyl adjacent to an activating group) is 2. The molecule has 1 amide bonds. The number of hydrogen-bond acceptors (Lipinski definition) is 5. The van der Waals surface area contributed by atoms with E-state index in [0.29, 0.717) is 13.1 Å². The maximum absolute atomic E-state index is 11.6. The Balaban J connectivity index is 2.94. The van der Waals surface area contributed by atoms with Crippen LogP contribution in [0.1, 0.15) is 25.8 Å². The monoisotopic (exact) mass is 265 g/mol. The average Bonchev–Trinajstić information content (AvgIpc) is 2.39. The van der Waals surface area contributed by atoms with Gasteiger partial charge in [-0.25, -0.2) is 9.97 Å². The first-order valence-corrected chi connectivity index (χ1v) is 6.63. The second-order valence-corrected chi connectivity index (χ2v) is 4.33. The Bertz CT molecular complexity index is 421. The Labute approximate surface area is 114 Å². The van der Waals surface area contributed by atoms with Gasteiger partial charge >= 0.3 is 0 Å². The van der Waals surface area contributed by atoms with Crippen LogP contribution in [0, 0.1) is 0 Å². The summed E-state index contributed by atoms with van der Waals surface area (Å²) in [5, 5.41) is 5.86. The largest absolute Gasteiger partial charge is 0.373 e. The van der Waals surface area contributed by atoms with Crippen molar-refractivity contribution in [1.82, 2.24) is 15.3 Å². The van der Waals surface area contributed by atoms with Crippen LogP contribution in [0.3, 0.4) is 0 Å². The van der Waals surface area contributed by atoms with E-state index in [1.807, 2.05) is 25.9 Å². The zero-order chi connectivity index (χ0) is 14.3. The Morgan fingerprint density at radius 1 is 1.37 bits per heavy atom. The third-order valence-electron chi connectivity index (χ3n) is 2.78. The van der Waals surface area contributed by atoms with Gasteiger partial charge in [0.05, 0.1) is 6.54 Å². The summed E-state index contributed by atoms with van der Waals surface area (Å²) in [5.41, 5.74) is 1.05. The second kappa shape index (κ2) is 7.56. The van der Waals surface area contributed by atoms with Crippen LogP contribution >= 0.6 is 0 Å². The summed E-state index contributed by atoms with van der Waals surface area (Å²) in [6.07, 6.45) is 3.41. The first-order valence-electron chi connectivity index (χ1n) is 6.63. The summed E-state index contributed by atoms with van der Waals surface area (Å²) in [5.74, 6) is 1.64. The summed E-state index contributed by atoms with van der Waals surface area (Å²) in [6, 6.07) is 0. The van der Waals surface area contributed by atoms with E-state index in [4.69, 9.17) is 0 Å². The number of amides is 1. The highest BCUT2D eigenvalue weighted by atomic mass is 16.2. The van der Waals surface area contributed by atoms with Crippen molar-refractivity contribution in [3.63, 3.8) is 0 Å². The molecule has 0 unspecified atom stereocenters. The van der Waals surface area contributed by atoms with Gasteiger partial charge in [0.15, 0.2) is 0 Å². The van der Waals surface area contributed by atoms with E-state index < -0.39 is 0 Å². The third-order valence-corrected chi connectivity index (χ3v) is 2.78. The van der Waals surface area contributed by atoms with Crippen LogP contribution in [0.4, 0.5) is 11.6 Å². The first kappa shape index (κ1) is 15.2. The molecule has 0 radical (unpaired) electrons. The van der Waals surface area contributed by atoms with Crippen molar-refractivity contribution in [2.45, 2.75) is 26.7 Å². The molecule has 106 valence electrons. The molecule has 1 aromatic heterocycles. The molecule has 0 fully saturated rings. The number of nitrogens with zero attached hydrogens (tertiary/aromatic N) is 3. The molecule has 0 aliphatic carbocycles. The van der Waals surface area contributed by atoms with Gasteiger partial charge in [-0.1, -0.05) is 13.3 Å². The minimum atomic E-state index is -0.00271. The van der Waals surface area contributed by atoms with Crippen LogP contribution in [0.15, 0.2) is 6.33 Å².